The van der Waals surface area contributed by atoms with Crippen molar-refractivity contribution in [3.63, 3.8) is 0 Å². The Morgan fingerprint density at radius 3 is 2.42 bits per heavy atom. The third-order valence-electron chi connectivity index (χ3n) is 5.43. The highest BCUT2D eigenvalue weighted by molar-refractivity contribution is 8.00. The van der Waals surface area contributed by atoms with Crippen molar-refractivity contribution < 1.29 is 22.7 Å². The van der Waals surface area contributed by atoms with E-state index in [-0.39, 0.29) is 10.9 Å². The summed E-state index contributed by atoms with van der Waals surface area (Å²) in [6.07, 6.45) is 0.645. The number of benzene rings is 1. The summed E-state index contributed by atoms with van der Waals surface area (Å²) in [6.45, 7) is 7.16. The lowest BCUT2D eigenvalue weighted by Crippen LogP contribution is -2.48. The second-order valence-electron chi connectivity index (χ2n) is 7.73. The molecule has 1 N–H and O–H groups in total. The third kappa shape index (κ3) is 4.90. The predicted octanol–water partition coefficient (Wildman–Crippen LogP) is 1.75. The number of nitrogens with one attached hydrogen (secondary N) is 1. The van der Waals surface area contributed by atoms with Crippen LogP contribution >= 0.6 is 0 Å². The van der Waals surface area contributed by atoms with Crippen LogP contribution in [0.25, 0.3) is 4.91 Å². The minimum Gasteiger partial charge on any atom is -0.467 e. The molecule has 0 saturated carbocycles. The number of carbonyl (C=O) groups excluding carboxylic acids is 2. The molecule has 1 atom stereocenters. The lowest BCUT2D eigenvalue weighted by molar-refractivity contribution is -0.142. The molecule has 0 radical (unpaired) electrons. The molecule has 10 heteroatoms. The molecule has 168 valence electrons. The highest BCUT2D eigenvalue weighted by atomic mass is 32.2. The van der Waals surface area contributed by atoms with Crippen LogP contribution in [0.2, 0.25) is 0 Å². The maximum absolute atomic E-state index is 12.8. The van der Waals surface area contributed by atoms with Gasteiger partial charge in [-0.1, -0.05) is 29.8 Å². The van der Waals surface area contributed by atoms with Crippen LogP contribution in [-0.4, -0.2) is 75.4 Å². The molecular weight excluding hydrogens is 420 g/mol. The fourth-order valence-electron chi connectivity index (χ4n) is 3.73. The van der Waals surface area contributed by atoms with Crippen molar-refractivity contribution >= 4 is 32.8 Å². The number of ether oxygens (including phenoxy) is 1. The van der Waals surface area contributed by atoms with Crippen LogP contribution in [0.5, 0.6) is 0 Å². The molecule has 31 heavy (non-hydrogen) atoms. The molecule has 0 spiro atoms. The first-order chi connectivity index (χ1) is 14.6. The Kier molecular flexibility index (Phi) is 6.68. The van der Waals surface area contributed by atoms with Crippen LogP contribution in [0.4, 0.5) is 4.79 Å². The lowest BCUT2D eigenvalue weighted by Gasteiger charge is -2.24. The highest BCUT2D eigenvalue weighted by Gasteiger charge is 2.34. The predicted molar refractivity (Wildman–Crippen MR) is 118 cm³/mol. The van der Waals surface area contributed by atoms with Crippen LogP contribution < -0.4 is 5.32 Å². The van der Waals surface area contributed by atoms with E-state index in [0.29, 0.717) is 49.6 Å². The minimum absolute atomic E-state index is 0.230. The van der Waals surface area contributed by atoms with Crippen molar-refractivity contribution in [2.45, 2.75) is 33.2 Å². The molecule has 2 aliphatic heterocycles. The van der Waals surface area contributed by atoms with Gasteiger partial charge in [0, 0.05) is 31.8 Å². The molecule has 2 aliphatic rings. The van der Waals surface area contributed by atoms with Gasteiger partial charge in [-0.3, -0.25) is 0 Å². The number of nitrogens with zero attached hydrogens (tertiary/aromatic N) is 3. The van der Waals surface area contributed by atoms with Gasteiger partial charge in [-0.2, -0.15) is 8.42 Å². The number of esters is 1. The average Bonchev–Trinajstić information content (AvgIpc) is 2.89. The maximum Gasteiger partial charge on any atom is 0.328 e. The first-order valence-corrected chi connectivity index (χ1v) is 11.6. The number of amidine groups is 1. The fraction of sp³-hybridized carbons (Fsp3) is 0.476. The monoisotopic (exact) mass is 448 g/mol. The van der Waals surface area contributed by atoms with Gasteiger partial charge in [-0.15, -0.1) is 4.40 Å². The van der Waals surface area contributed by atoms with Crippen LogP contribution in [0.15, 0.2) is 34.2 Å². The number of rotatable bonds is 3. The summed E-state index contributed by atoms with van der Waals surface area (Å²) < 4.78 is 34.3. The zero-order valence-electron chi connectivity index (χ0n) is 18.2. The zero-order valence-corrected chi connectivity index (χ0v) is 19.0. The Bertz CT molecular complexity index is 1030. The van der Waals surface area contributed by atoms with Gasteiger partial charge in [0.1, 0.15) is 16.8 Å². The molecular formula is C21H28N4O5S. The van der Waals surface area contributed by atoms with Crippen LogP contribution in [-0.2, 0) is 19.6 Å². The summed E-state index contributed by atoms with van der Waals surface area (Å²) in [5.41, 5.74) is 2.28. The normalized spacial score (nSPS) is 19.5. The minimum atomic E-state index is -3.79. The Morgan fingerprint density at radius 1 is 1.10 bits per heavy atom. The van der Waals surface area contributed by atoms with Crippen LogP contribution in [0.1, 0.15) is 31.4 Å². The van der Waals surface area contributed by atoms with Crippen molar-refractivity contribution in [2.75, 3.05) is 33.3 Å². The maximum atomic E-state index is 12.8. The van der Waals surface area contributed by atoms with Gasteiger partial charge in [-0.05, 0) is 32.8 Å². The quantitative estimate of drug-likeness (QED) is 0.706. The highest BCUT2D eigenvalue weighted by Crippen LogP contribution is 2.33. The molecule has 2 amide bonds. The van der Waals surface area contributed by atoms with E-state index < -0.39 is 22.0 Å². The number of amides is 2. The Labute approximate surface area is 182 Å². The lowest BCUT2D eigenvalue weighted by atomic mass is 10.1. The third-order valence-corrected chi connectivity index (χ3v) is 6.90. The van der Waals surface area contributed by atoms with Crippen LogP contribution in [0, 0.1) is 6.92 Å². The molecule has 1 fully saturated rings. The fourth-order valence-corrected chi connectivity index (χ4v) is 5.22. The van der Waals surface area contributed by atoms with Gasteiger partial charge in [0.15, 0.2) is 0 Å². The van der Waals surface area contributed by atoms with E-state index in [4.69, 9.17) is 0 Å². The number of methoxy groups -OCH3 is 1. The number of sulfonamides is 1. The van der Waals surface area contributed by atoms with E-state index in [1.165, 1.54) is 7.11 Å². The summed E-state index contributed by atoms with van der Waals surface area (Å²) in [6, 6.07) is 6.24. The summed E-state index contributed by atoms with van der Waals surface area (Å²) in [5.74, 6) is -0.0829. The van der Waals surface area contributed by atoms with E-state index in [9.17, 15) is 18.0 Å². The SMILES string of the molecule is COC(=O)C(C)NC(=O)N1CCCN(C2=NS(=O)(=O)C(c3ccc(C)cc3)=C2C)CC1. The first kappa shape index (κ1) is 22.8. The van der Waals surface area contributed by atoms with Gasteiger partial charge >= 0.3 is 12.0 Å². The summed E-state index contributed by atoms with van der Waals surface area (Å²) in [5, 5.41) is 2.63. The first-order valence-electron chi connectivity index (χ1n) is 10.2. The smallest absolute Gasteiger partial charge is 0.328 e. The number of carbonyl (C=O) groups is 2. The van der Waals surface area contributed by atoms with E-state index >= 15 is 0 Å². The molecule has 2 heterocycles. The topological polar surface area (TPSA) is 108 Å². The van der Waals surface area contributed by atoms with E-state index in [0.717, 1.165) is 5.56 Å². The summed E-state index contributed by atoms with van der Waals surface area (Å²) in [7, 11) is -2.52. The molecule has 1 unspecified atom stereocenters. The number of urea groups is 1. The Hall–Kier alpha value is -2.88. The number of aryl methyl sites for hydroxylation is 1. The van der Waals surface area contributed by atoms with Gasteiger partial charge in [-0.25, -0.2) is 9.59 Å². The molecule has 1 aromatic carbocycles. The molecule has 1 saturated heterocycles. The van der Waals surface area contributed by atoms with E-state index in [1.807, 2.05) is 24.0 Å². The molecule has 0 aromatic heterocycles. The number of hydrogen-bond acceptors (Lipinski definition) is 6. The van der Waals surface area contributed by atoms with Crippen molar-refractivity contribution in [3.05, 3.63) is 41.0 Å². The average molecular weight is 449 g/mol. The van der Waals surface area contributed by atoms with Gasteiger partial charge in [0.25, 0.3) is 10.0 Å². The van der Waals surface area contributed by atoms with E-state index in [1.54, 1.807) is 30.9 Å². The molecule has 9 nitrogen and oxygen atoms in total. The van der Waals surface area contributed by atoms with Gasteiger partial charge in [0.05, 0.1) is 7.11 Å². The van der Waals surface area contributed by atoms with Gasteiger partial charge < -0.3 is 19.9 Å². The Morgan fingerprint density at radius 2 is 1.77 bits per heavy atom. The van der Waals surface area contributed by atoms with E-state index in [2.05, 4.69) is 14.5 Å². The van der Waals surface area contributed by atoms with Crippen molar-refractivity contribution in [1.82, 2.24) is 15.1 Å². The summed E-state index contributed by atoms with van der Waals surface area (Å²) >= 11 is 0. The second-order valence-corrected chi connectivity index (χ2v) is 9.27. The van der Waals surface area contributed by atoms with Crippen molar-refractivity contribution in [1.29, 1.82) is 0 Å². The molecule has 3 rings (SSSR count). The molecule has 0 aliphatic carbocycles. The Balaban J connectivity index is 1.75. The van der Waals surface area contributed by atoms with Crippen molar-refractivity contribution in [3.8, 4) is 0 Å². The molecule has 0 bridgehead atoms. The zero-order chi connectivity index (χ0) is 22.8. The standard InChI is InChI=1S/C21H28N4O5S/c1-14-6-8-17(9-7-14)18-15(2)19(23-31(18,28)29)24-10-5-11-25(13-12-24)21(27)22-16(3)20(26)30-4/h6-9,16H,5,10-13H2,1-4H3,(H,22,27). The second kappa shape index (κ2) is 9.09. The number of hydrogen-bond donors (Lipinski definition) is 1. The summed E-state index contributed by atoms with van der Waals surface area (Å²) in [4.78, 5) is 27.8. The largest absolute Gasteiger partial charge is 0.467 e. The van der Waals surface area contributed by atoms with Crippen LogP contribution in [0.3, 0.4) is 0 Å². The van der Waals surface area contributed by atoms with Crippen molar-refractivity contribution in [2.24, 2.45) is 4.40 Å². The molecule has 1 aromatic rings. The van der Waals surface area contributed by atoms with Gasteiger partial charge in [0.2, 0.25) is 0 Å².